The number of rotatable bonds is 4. The van der Waals surface area contributed by atoms with Crippen molar-refractivity contribution in [2.24, 2.45) is 0 Å². The van der Waals surface area contributed by atoms with E-state index in [4.69, 9.17) is 0 Å². The lowest BCUT2D eigenvalue weighted by atomic mass is 10.1. The number of carbonyl (C=O) groups is 1. The zero-order valence-corrected chi connectivity index (χ0v) is 9.97. The number of aromatic nitrogens is 2. The number of H-pyrrole nitrogens is 1. The topological polar surface area (TPSA) is 49.0 Å². The molecule has 1 N–H and O–H groups in total. The minimum absolute atomic E-state index is 0.459. The summed E-state index contributed by atoms with van der Waals surface area (Å²) in [4.78, 5) is 20.0. The number of carbonyl (C=O) groups excluding carboxylic acids is 1. The van der Waals surface area contributed by atoms with Crippen molar-refractivity contribution in [3.05, 3.63) is 47.5 Å². The van der Waals surface area contributed by atoms with Gasteiger partial charge >= 0.3 is 0 Å². The Morgan fingerprint density at radius 1 is 1.41 bits per heavy atom. The Morgan fingerprint density at radius 2 is 2.24 bits per heavy atom. The minimum Gasteiger partial charge on any atom is -0.347 e. The molecule has 2 aromatic rings. The first-order valence-electron chi connectivity index (χ1n) is 5.49. The summed E-state index contributed by atoms with van der Waals surface area (Å²) in [5.41, 5.74) is 3.22. The zero-order chi connectivity index (χ0) is 12.3. The highest BCUT2D eigenvalue weighted by Crippen LogP contribution is 2.22. The fourth-order valence-corrected chi connectivity index (χ4v) is 1.77. The number of amides is 1. The molecule has 0 atom stereocenters. The van der Waals surface area contributed by atoms with Crippen LogP contribution < -0.4 is 4.90 Å². The van der Waals surface area contributed by atoms with Gasteiger partial charge in [-0.05, 0) is 31.0 Å². The average Bonchev–Trinajstić information content (AvgIpc) is 2.83. The van der Waals surface area contributed by atoms with Gasteiger partial charge in [-0.1, -0.05) is 12.1 Å². The number of hydrogen-bond donors (Lipinski definition) is 1. The quantitative estimate of drug-likeness (QED) is 0.817. The zero-order valence-electron chi connectivity index (χ0n) is 9.97. The molecule has 4 heteroatoms. The van der Waals surface area contributed by atoms with Crippen LogP contribution in [0.15, 0.2) is 30.6 Å². The first-order chi connectivity index (χ1) is 8.22. The Balaban J connectivity index is 2.29. The normalized spacial score (nSPS) is 10.2. The third-order valence-electron chi connectivity index (χ3n) is 2.89. The van der Waals surface area contributed by atoms with Gasteiger partial charge in [-0.15, -0.1) is 0 Å². The van der Waals surface area contributed by atoms with Crippen LogP contribution in [0.2, 0.25) is 0 Å². The standard InChI is InChI=1S/C13H15N3O/c1-10-4-3-5-12(11(10)2)16(9-17)8-13-14-6-7-15-13/h3-7,9H,8H2,1-2H3,(H,14,15). The Morgan fingerprint density at radius 3 is 2.88 bits per heavy atom. The third-order valence-corrected chi connectivity index (χ3v) is 2.89. The molecule has 0 saturated heterocycles. The molecule has 0 aliphatic carbocycles. The van der Waals surface area contributed by atoms with E-state index < -0.39 is 0 Å². The molecule has 0 fully saturated rings. The van der Waals surface area contributed by atoms with Crippen LogP contribution in [0.3, 0.4) is 0 Å². The second kappa shape index (κ2) is 4.82. The molecule has 2 rings (SSSR count). The molecule has 4 nitrogen and oxygen atoms in total. The van der Waals surface area contributed by atoms with E-state index in [2.05, 4.69) is 9.97 Å². The van der Waals surface area contributed by atoms with Gasteiger partial charge in [0.25, 0.3) is 0 Å². The predicted octanol–water partition coefficient (Wildman–Crippen LogP) is 2.19. The molecule has 88 valence electrons. The average molecular weight is 229 g/mol. The van der Waals surface area contributed by atoms with E-state index in [-0.39, 0.29) is 0 Å². The smallest absolute Gasteiger partial charge is 0.214 e. The summed E-state index contributed by atoms with van der Waals surface area (Å²) in [5, 5.41) is 0. The van der Waals surface area contributed by atoms with Crippen LogP contribution in [0.5, 0.6) is 0 Å². The van der Waals surface area contributed by atoms with Crippen LogP contribution in [-0.2, 0) is 11.3 Å². The number of nitrogens with one attached hydrogen (secondary N) is 1. The first-order valence-corrected chi connectivity index (χ1v) is 5.49. The van der Waals surface area contributed by atoms with Crippen molar-refractivity contribution in [1.29, 1.82) is 0 Å². The molecule has 0 unspecified atom stereocenters. The second-order valence-corrected chi connectivity index (χ2v) is 3.99. The van der Waals surface area contributed by atoms with Gasteiger partial charge < -0.3 is 9.88 Å². The third kappa shape index (κ3) is 2.36. The first kappa shape index (κ1) is 11.4. The maximum atomic E-state index is 11.2. The van der Waals surface area contributed by atoms with Gasteiger partial charge in [0, 0.05) is 18.1 Å². The summed E-state index contributed by atoms with van der Waals surface area (Å²) in [5.74, 6) is 0.776. The predicted molar refractivity (Wildman–Crippen MR) is 66.8 cm³/mol. The Hall–Kier alpha value is -2.10. The lowest BCUT2D eigenvalue weighted by molar-refractivity contribution is -0.107. The van der Waals surface area contributed by atoms with Crippen LogP contribution >= 0.6 is 0 Å². The van der Waals surface area contributed by atoms with Crippen molar-refractivity contribution >= 4 is 12.1 Å². The number of nitrogens with zero attached hydrogens (tertiary/aromatic N) is 2. The van der Waals surface area contributed by atoms with Gasteiger partial charge in [-0.3, -0.25) is 4.79 Å². The van der Waals surface area contributed by atoms with Gasteiger partial charge in [0.15, 0.2) is 0 Å². The summed E-state index contributed by atoms with van der Waals surface area (Å²) < 4.78 is 0. The van der Waals surface area contributed by atoms with Crippen molar-refractivity contribution in [3.8, 4) is 0 Å². The van der Waals surface area contributed by atoms with E-state index in [0.717, 1.165) is 23.5 Å². The van der Waals surface area contributed by atoms with E-state index in [1.807, 2.05) is 32.0 Å². The highest BCUT2D eigenvalue weighted by molar-refractivity contribution is 5.77. The monoisotopic (exact) mass is 229 g/mol. The van der Waals surface area contributed by atoms with Crippen LogP contribution in [0, 0.1) is 13.8 Å². The van der Waals surface area contributed by atoms with Crippen molar-refractivity contribution in [2.75, 3.05) is 4.90 Å². The number of benzene rings is 1. The Bertz CT molecular complexity index is 505. The van der Waals surface area contributed by atoms with E-state index in [1.54, 1.807) is 17.3 Å². The summed E-state index contributed by atoms with van der Waals surface area (Å²) in [6, 6.07) is 5.94. The molecule has 0 bridgehead atoms. The molecule has 0 spiro atoms. The molecule has 0 saturated carbocycles. The summed E-state index contributed by atoms with van der Waals surface area (Å²) in [6.07, 6.45) is 4.27. The minimum atomic E-state index is 0.459. The molecule has 0 aliphatic heterocycles. The van der Waals surface area contributed by atoms with Gasteiger partial charge in [0.05, 0.1) is 6.54 Å². The molecule has 1 amide bonds. The van der Waals surface area contributed by atoms with E-state index >= 15 is 0 Å². The Labute approximate surface area is 100 Å². The van der Waals surface area contributed by atoms with E-state index in [9.17, 15) is 4.79 Å². The lowest BCUT2D eigenvalue weighted by Crippen LogP contribution is -2.22. The largest absolute Gasteiger partial charge is 0.347 e. The van der Waals surface area contributed by atoms with Crippen molar-refractivity contribution < 1.29 is 4.79 Å². The molecule has 1 aromatic carbocycles. The molecule has 17 heavy (non-hydrogen) atoms. The van der Waals surface area contributed by atoms with Gasteiger partial charge in [-0.25, -0.2) is 4.98 Å². The summed E-state index contributed by atoms with van der Waals surface area (Å²) in [7, 11) is 0. The van der Waals surface area contributed by atoms with Crippen molar-refractivity contribution in [2.45, 2.75) is 20.4 Å². The van der Waals surface area contributed by atoms with Crippen molar-refractivity contribution in [1.82, 2.24) is 9.97 Å². The fraction of sp³-hybridized carbons (Fsp3) is 0.231. The van der Waals surface area contributed by atoms with Crippen LogP contribution in [0.25, 0.3) is 0 Å². The number of aromatic amines is 1. The lowest BCUT2D eigenvalue weighted by Gasteiger charge is -2.19. The van der Waals surface area contributed by atoms with Crippen molar-refractivity contribution in [3.63, 3.8) is 0 Å². The van der Waals surface area contributed by atoms with Crippen LogP contribution in [0.1, 0.15) is 17.0 Å². The number of anilines is 1. The SMILES string of the molecule is Cc1cccc(N(C=O)Cc2ncc[nH]2)c1C. The maximum absolute atomic E-state index is 11.2. The molecule has 1 heterocycles. The van der Waals surface area contributed by atoms with Gasteiger partial charge in [0.2, 0.25) is 6.41 Å². The van der Waals surface area contributed by atoms with Gasteiger partial charge in [-0.2, -0.15) is 0 Å². The number of imidazole rings is 1. The highest BCUT2D eigenvalue weighted by Gasteiger charge is 2.10. The molecular formula is C13H15N3O. The second-order valence-electron chi connectivity index (χ2n) is 3.99. The highest BCUT2D eigenvalue weighted by atomic mass is 16.1. The van der Waals surface area contributed by atoms with Crippen LogP contribution in [-0.4, -0.2) is 16.4 Å². The molecule has 0 radical (unpaired) electrons. The van der Waals surface area contributed by atoms with Crippen LogP contribution in [0.4, 0.5) is 5.69 Å². The molecular weight excluding hydrogens is 214 g/mol. The Kier molecular flexibility index (Phi) is 3.23. The summed E-state index contributed by atoms with van der Waals surface area (Å²) >= 11 is 0. The molecule has 0 aliphatic rings. The number of hydrogen-bond acceptors (Lipinski definition) is 2. The van der Waals surface area contributed by atoms with E-state index in [1.165, 1.54) is 5.56 Å². The van der Waals surface area contributed by atoms with E-state index in [0.29, 0.717) is 6.54 Å². The van der Waals surface area contributed by atoms with Gasteiger partial charge in [0.1, 0.15) is 5.82 Å². The fourth-order valence-electron chi connectivity index (χ4n) is 1.77. The summed E-state index contributed by atoms with van der Waals surface area (Å²) in [6.45, 7) is 4.51. The maximum Gasteiger partial charge on any atom is 0.214 e. The number of aryl methyl sites for hydroxylation is 1. The molecule has 1 aromatic heterocycles.